The number of imidazole rings is 1. The number of carbonyl (C=O) groups excluding carboxylic acids is 1. The molecule has 1 unspecified atom stereocenters. The number of ether oxygens (including phenoxy) is 1. The van der Waals surface area contributed by atoms with Gasteiger partial charge in [-0.25, -0.2) is 14.1 Å². The van der Waals surface area contributed by atoms with Crippen molar-refractivity contribution in [2.45, 2.75) is 32.2 Å². The predicted molar refractivity (Wildman–Crippen MR) is 116 cm³/mol. The lowest BCUT2D eigenvalue weighted by atomic mass is 10.0. The fourth-order valence-corrected chi connectivity index (χ4v) is 4.25. The Bertz CT molecular complexity index is 1290. The lowest BCUT2D eigenvalue weighted by Gasteiger charge is -2.11. The second kappa shape index (κ2) is 8.03. The van der Waals surface area contributed by atoms with Crippen molar-refractivity contribution in [2.75, 3.05) is 7.11 Å². The molecule has 7 nitrogen and oxygen atoms in total. The SMILES string of the molecule is COc1cc(C(=O)Cc2nnn3c2CCC3c2ccc(F)cc2)ccc1-n1cnc(C)c1. The third kappa shape index (κ3) is 3.57. The van der Waals surface area contributed by atoms with Crippen molar-refractivity contribution >= 4 is 5.78 Å². The number of fused-ring (bicyclic) bond motifs is 1. The van der Waals surface area contributed by atoms with Crippen molar-refractivity contribution in [3.8, 4) is 11.4 Å². The van der Waals surface area contributed by atoms with Crippen LogP contribution in [0.1, 0.15) is 45.5 Å². The second-order valence-corrected chi connectivity index (χ2v) is 7.94. The maximum Gasteiger partial charge on any atom is 0.169 e. The summed E-state index contributed by atoms with van der Waals surface area (Å²) in [6.45, 7) is 1.92. The second-order valence-electron chi connectivity index (χ2n) is 7.94. The molecule has 0 amide bonds. The van der Waals surface area contributed by atoms with E-state index in [1.165, 1.54) is 12.1 Å². The van der Waals surface area contributed by atoms with E-state index < -0.39 is 0 Å². The number of ketones is 1. The van der Waals surface area contributed by atoms with Gasteiger partial charge in [0.05, 0.1) is 48.7 Å². The van der Waals surface area contributed by atoms with Gasteiger partial charge in [-0.3, -0.25) is 4.79 Å². The van der Waals surface area contributed by atoms with Crippen molar-refractivity contribution in [3.63, 3.8) is 0 Å². The molecule has 0 radical (unpaired) electrons. The number of hydrogen-bond acceptors (Lipinski definition) is 5. The van der Waals surface area contributed by atoms with E-state index in [1.54, 1.807) is 37.7 Å². The van der Waals surface area contributed by atoms with Gasteiger partial charge in [-0.2, -0.15) is 0 Å². The summed E-state index contributed by atoms with van der Waals surface area (Å²) in [6.07, 6.45) is 5.41. The minimum Gasteiger partial charge on any atom is -0.495 e. The zero-order valence-corrected chi connectivity index (χ0v) is 17.8. The molecule has 1 aliphatic rings. The van der Waals surface area contributed by atoms with Crippen LogP contribution in [0.15, 0.2) is 55.0 Å². The summed E-state index contributed by atoms with van der Waals surface area (Å²) in [4.78, 5) is 17.3. The van der Waals surface area contributed by atoms with Crippen LogP contribution in [0.2, 0.25) is 0 Å². The van der Waals surface area contributed by atoms with Gasteiger partial charge in [-0.1, -0.05) is 17.3 Å². The largest absolute Gasteiger partial charge is 0.495 e. The van der Waals surface area contributed by atoms with Crippen molar-refractivity contribution in [1.29, 1.82) is 0 Å². The van der Waals surface area contributed by atoms with Gasteiger partial charge in [-0.05, 0) is 55.7 Å². The van der Waals surface area contributed by atoms with Crippen LogP contribution in [0.25, 0.3) is 5.69 Å². The highest BCUT2D eigenvalue weighted by Gasteiger charge is 2.29. The van der Waals surface area contributed by atoms with E-state index in [9.17, 15) is 9.18 Å². The van der Waals surface area contributed by atoms with E-state index >= 15 is 0 Å². The summed E-state index contributed by atoms with van der Waals surface area (Å²) in [5.74, 6) is 0.282. The third-order valence-corrected chi connectivity index (χ3v) is 5.90. The van der Waals surface area contributed by atoms with E-state index in [2.05, 4.69) is 15.3 Å². The number of benzene rings is 2. The smallest absolute Gasteiger partial charge is 0.169 e. The first-order chi connectivity index (χ1) is 15.5. The Morgan fingerprint density at radius 3 is 2.75 bits per heavy atom. The van der Waals surface area contributed by atoms with Crippen LogP contribution in [-0.2, 0) is 12.8 Å². The van der Waals surface area contributed by atoms with E-state index in [0.29, 0.717) is 17.0 Å². The first-order valence-electron chi connectivity index (χ1n) is 10.4. The van der Waals surface area contributed by atoms with Crippen molar-refractivity contribution in [1.82, 2.24) is 24.5 Å². The van der Waals surface area contributed by atoms with Gasteiger partial charge in [0.25, 0.3) is 0 Å². The molecule has 0 saturated heterocycles. The van der Waals surface area contributed by atoms with Gasteiger partial charge >= 0.3 is 0 Å². The molecule has 3 heterocycles. The van der Waals surface area contributed by atoms with Crippen molar-refractivity contribution in [2.24, 2.45) is 0 Å². The van der Waals surface area contributed by atoms with E-state index in [1.807, 2.05) is 28.4 Å². The van der Waals surface area contributed by atoms with E-state index in [-0.39, 0.29) is 24.1 Å². The molecule has 1 atom stereocenters. The first-order valence-corrected chi connectivity index (χ1v) is 10.4. The number of aromatic nitrogens is 5. The summed E-state index contributed by atoms with van der Waals surface area (Å²) in [7, 11) is 1.58. The summed E-state index contributed by atoms with van der Waals surface area (Å²) < 4.78 is 22.5. The van der Waals surface area contributed by atoms with Crippen LogP contribution < -0.4 is 4.74 Å². The Morgan fingerprint density at radius 1 is 1.22 bits per heavy atom. The highest BCUT2D eigenvalue weighted by atomic mass is 19.1. The van der Waals surface area contributed by atoms with E-state index in [4.69, 9.17) is 4.74 Å². The molecule has 2 aromatic heterocycles. The standard InChI is InChI=1S/C24H22FN5O2/c1-15-13-29(14-26-15)22-8-5-17(11-24(22)32-2)23(31)12-19-21-10-9-20(30(21)28-27-19)16-3-6-18(25)7-4-16/h3-8,11,13-14,20H,9-10,12H2,1-2H3. The van der Waals surface area contributed by atoms with Crippen molar-refractivity contribution in [3.05, 3.63) is 89.0 Å². The zero-order chi connectivity index (χ0) is 22.2. The molecule has 0 spiro atoms. The highest BCUT2D eigenvalue weighted by Crippen LogP contribution is 2.33. The van der Waals surface area contributed by atoms with Crippen LogP contribution in [0.3, 0.4) is 0 Å². The van der Waals surface area contributed by atoms with Gasteiger partial charge in [0, 0.05) is 11.8 Å². The molecule has 2 aromatic carbocycles. The third-order valence-electron chi connectivity index (χ3n) is 5.90. The summed E-state index contributed by atoms with van der Waals surface area (Å²) in [5.41, 5.74) is 4.90. The summed E-state index contributed by atoms with van der Waals surface area (Å²) in [5, 5.41) is 8.58. The number of carbonyl (C=O) groups is 1. The number of aryl methyl sites for hydroxylation is 1. The zero-order valence-electron chi connectivity index (χ0n) is 17.8. The van der Waals surface area contributed by atoms with Gasteiger partial charge in [0.15, 0.2) is 5.78 Å². The normalized spacial score (nSPS) is 15.0. The van der Waals surface area contributed by atoms with Crippen LogP contribution >= 0.6 is 0 Å². The topological polar surface area (TPSA) is 74.8 Å². The molecule has 0 fully saturated rings. The number of nitrogens with zero attached hydrogens (tertiary/aromatic N) is 5. The Hall–Kier alpha value is -3.81. The molecular formula is C24H22FN5O2. The van der Waals surface area contributed by atoms with Crippen molar-refractivity contribution < 1.29 is 13.9 Å². The van der Waals surface area contributed by atoms with E-state index in [0.717, 1.165) is 35.5 Å². The van der Waals surface area contributed by atoms with Gasteiger partial charge < -0.3 is 9.30 Å². The van der Waals surface area contributed by atoms with Crippen LogP contribution in [0.5, 0.6) is 5.75 Å². The Balaban J connectivity index is 1.37. The Morgan fingerprint density at radius 2 is 2.03 bits per heavy atom. The predicted octanol–water partition coefficient (Wildman–Crippen LogP) is 3.88. The van der Waals surface area contributed by atoms with Gasteiger partial charge in [0.1, 0.15) is 11.6 Å². The summed E-state index contributed by atoms with van der Waals surface area (Å²) in [6, 6.07) is 11.9. The molecule has 0 aliphatic carbocycles. The number of hydrogen-bond donors (Lipinski definition) is 0. The molecule has 5 rings (SSSR count). The summed E-state index contributed by atoms with van der Waals surface area (Å²) >= 11 is 0. The molecular weight excluding hydrogens is 409 g/mol. The molecule has 0 saturated carbocycles. The molecule has 0 bridgehead atoms. The maximum absolute atomic E-state index is 13.3. The number of Topliss-reactive ketones (excluding diaryl/α,β-unsaturated/α-hetero) is 1. The average molecular weight is 431 g/mol. The minimum absolute atomic E-state index is 0.0139. The highest BCUT2D eigenvalue weighted by molar-refractivity contribution is 5.98. The average Bonchev–Trinajstić information content (AvgIpc) is 3.52. The first kappa shape index (κ1) is 20.1. The molecule has 0 N–H and O–H groups in total. The van der Waals surface area contributed by atoms with Gasteiger partial charge in [-0.15, -0.1) is 5.10 Å². The van der Waals surface area contributed by atoms with Crippen LogP contribution in [-0.4, -0.2) is 37.4 Å². The lowest BCUT2D eigenvalue weighted by Crippen LogP contribution is -2.08. The minimum atomic E-state index is -0.263. The lowest BCUT2D eigenvalue weighted by molar-refractivity contribution is 0.0991. The van der Waals surface area contributed by atoms with Gasteiger partial charge in [0.2, 0.25) is 0 Å². The Labute approximate surface area is 184 Å². The van der Waals surface area contributed by atoms with Crippen LogP contribution in [0, 0.1) is 12.7 Å². The molecule has 32 heavy (non-hydrogen) atoms. The maximum atomic E-state index is 13.3. The molecule has 1 aliphatic heterocycles. The fourth-order valence-electron chi connectivity index (χ4n) is 4.25. The quantitative estimate of drug-likeness (QED) is 0.433. The van der Waals surface area contributed by atoms with Crippen LogP contribution in [0.4, 0.5) is 4.39 Å². The Kier molecular flexibility index (Phi) is 5.05. The molecule has 8 heteroatoms. The fraction of sp³-hybridized carbons (Fsp3) is 0.250. The monoisotopic (exact) mass is 431 g/mol. The molecule has 4 aromatic rings. The molecule has 162 valence electrons. The number of rotatable bonds is 6. The number of halogens is 1. The number of methoxy groups -OCH3 is 1.